The Morgan fingerprint density at radius 2 is 1.85 bits per heavy atom. The van der Waals surface area contributed by atoms with Gasteiger partial charge in [-0.25, -0.2) is 4.39 Å². The highest BCUT2D eigenvalue weighted by Crippen LogP contribution is 2.40. The fourth-order valence-electron chi connectivity index (χ4n) is 4.42. The van der Waals surface area contributed by atoms with Crippen molar-refractivity contribution < 1.29 is 18.3 Å². The van der Waals surface area contributed by atoms with Crippen LogP contribution in [0, 0.1) is 11.6 Å². The maximum atomic E-state index is 14.4. The zero-order chi connectivity index (χ0) is 23.3. The Kier molecular flexibility index (Phi) is 5.48. The zero-order valence-corrected chi connectivity index (χ0v) is 18.7. The molecule has 2 aliphatic rings. The lowest BCUT2D eigenvalue weighted by Crippen LogP contribution is -2.49. The third-order valence-corrected chi connectivity index (χ3v) is 6.52. The van der Waals surface area contributed by atoms with Gasteiger partial charge in [-0.2, -0.15) is 4.39 Å². The highest BCUT2D eigenvalue weighted by molar-refractivity contribution is 6.30. The van der Waals surface area contributed by atoms with E-state index in [1.807, 2.05) is 18.2 Å². The van der Waals surface area contributed by atoms with Crippen LogP contribution in [0.15, 0.2) is 41.3 Å². The molecule has 2 heterocycles. The van der Waals surface area contributed by atoms with Gasteiger partial charge in [-0.3, -0.25) is 9.59 Å². The summed E-state index contributed by atoms with van der Waals surface area (Å²) in [6, 6.07) is 8.39. The second kappa shape index (κ2) is 8.33. The summed E-state index contributed by atoms with van der Waals surface area (Å²) in [7, 11) is 1.23. The first-order valence-corrected chi connectivity index (χ1v) is 11.2. The SMILES string of the molecule is COc1c(F)c(F)cc2c(=O)c(C(=O)N3CCN(c4cccc(Cl)c4)CC3)cn(C3CC3)c12. The molecule has 1 aromatic heterocycles. The molecule has 1 aliphatic heterocycles. The van der Waals surface area contributed by atoms with Gasteiger partial charge in [0.1, 0.15) is 5.56 Å². The summed E-state index contributed by atoms with van der Waals surface area (Å²) in [4.78, 5) is 30.3. The van der Waals surface area contributed by atoms with E-state index in [0.29, 0.717) is 31.2 Å². The Morgan fingerprint density at radius 3 is 2.48 bits per heavy atom. The van der Waals surface area contributed by atoms with Crippen LogP contribution in [0.3, 0.4) is 0 Å². The van der Waals surface area contributed by atoms with E-state index < -0.39 is 23.0 Å². The maximum absolute atomic E-state index is 14.4. The van der Waals surface area contributed by atoms with Crippen molar-refractivity contribution in [1.82, 2.24) is 9.47 Å². The number of hydrogen-bond acceptors (Lipinski definition) is 4. The number of piperazine rings is 1. The van der Waals surface area contributed by atoms with Gasteiger partial charge >= 0.3 is 0 Å². The van der Waals surface area contributed by atoms with E-state index in [0.717, 1.165) is 24.6 Å². The number of benzene rings is 2. The van der Waals surface area contributed by atoms with Crippen LogP contribution in [0.4, 0.5) is 14.5 Å². The molecule has 0 bridgehead atoms. The van der Waals surface area contributed by atoms with Crippen LogP contribution in [0.1, 0.15) is 29.2 Å². The number of halogens is 3. The van der Waals surface area contributed by atoms with E-state index in [2.05, 4.69) is 4.90 Å². The fraction of sp³-hybridized carbons (Fsp3) is 0.333. The van der Waals surface area contributed by atoms with Gasteiger partial charge in [0.25, 0.3) is 5.91 Å². The number of aromatic nitrogens is 1. The van der Waals surface area contributed by atoms with Crippen molar-refractivity contribution in [3.8, 4) is 5.75 Å². The molecule has 0 radical (unpaired) electrons. The van der Waals surface area contributed by atoms with Gasteiger partial charge in [0.05, 0.1) is 18.0 Å². The molecule has 0 unspecified atom stereocenters. The number of fused-ring (bicyclic) bond motifs is 1. The summed E-state index contributed by atoms with van der Waals surface area (Å²) in [5.41, 5.74) is 0.493. The Morgan fingerprint density at radius 1 is 1.12 bits per heavy atom. The van der Waals surface area contributed by atoms with Gasteiger partial charge in [0.2, 0.25) is 11.2 Å². The molecular weight excluding hydrogens is 452 g/mol. The van der Waals surface area contributed by atoms with E-state index in [9.17, 15) is 18.4 Å². The number of anilines is 1. The molecule has 3 aromatic rings. The summed E-state index contributed by atoms with van der Waals surface area (Å²) >= 11 is 6.09. The Labute approximate surface area is 193 Å². The van der Waals surface area contributed by atoms with Crippen molar-refractivity contribution in [2.45, 2.75) is 18.9 Å². The largest absolute Gasteiger partial charge is 0.491 e. The van der Waals surface area contributed by atoms with Crippen molar-refractivity contribution in [3.05, 3.63) is 69.0 Å². The third kappa shape index (κ3) is 3.82. The average molecular weight is 474 g/mol. The summed E-state index contributed by atoms with van der Waals surface area (Å²) in [6.45, 7) is 2.02. The van der Waals surface area contributed by atoms with Crippen LogP contribution in [0.2, 0.25) is 5.02 Å². The first-order valence-electron chi connectivity index (χ1n) is 10.8. The van der Waals surface area contributed by atoms with Crippen LogP contribution in [-0.2, 0) is 0 Å². The highest BCUT2D eigenvalue weighted by Gasteiger charge is 2.32. The third-order valence-electron chi connectivity index (χ3n) is 6.28. The fourth-order valence-corrected chi connectivity index (χ4v) is 4.60. The predicted molar refractivity (Wildman–Crippen MR) is 123 cm³/mol. The topological polar surface area (TPSA) is 54.8 Å². The number of carbonyl (C=O) groups excluding carboxylic acids is 1. The molecule has 0 N–H and O–H groups in total. The van der Waals surface area contributed by atoms with Crippen LogP contribution in [0.25, 0.3) is 10.9 Å². The minimum Gasteiger partial charge on any atom is -0.491 e. The second-order valence-corrected chi connectivity index (χ2v) is 8.81. The highest BCUT2D eigenvalue weighted by atomic mass is 35.5. The minimum atomic E-state index is -1.18. The molecular formula is C24H22ClF2N3O3. The number of pyridine rings is 1. The zero-order valence-electron chi connectivity index (χ0n) is 18.0. The molecule has 0 atom stereocenters. The standard InChI is InChI=1S/C24H22ClF2N3O3/c1-33-23-20(27)19(26)12-17-21(23)30(15-5-6-15)13-18(22(17)31)24(32)29-9-7-28(8-10-29)16-4-2-3-14(25)11-16/h2-4,11-13,15H,5-10H2,1H3. The normalized spacial score (nSPS) is 16.4. The number of nitrogens with zero attached hydrogens (tertiary/aromatic N) is 3. The molecule has 1 saturated carbocycles. The predicted octanol–water partition coefficient (Wildman–Crippen LogP) is 4.24. The summed E-state index contributed by atoms with van der Waals surface area (Å²) in [6.07, 6.45) is 3.13. The molecule has 172 valence electrons. The molecule has 1 aliphatic carbocycles. The number of amides is 1. The van der Waals surface area contributed by atoms with E-state index in [-0.39, 0.29) is 28.3 Å². The maximum Gasteiger partial charge on any atom is 0.259 e. The molecule has 6 nitrogen and oxygen atoms in total. The summed E-state index contributed by atoms with van der Waals surface area (Å²) in [5, 5.41) is 0.586. The molecule has 33 heavy (non-hydrogen) atoms. The number of methoxy groups -OCH3 is 1. The van der Waals surface area contributed by atoms with Crippen molar-refractivity contribution in [2.24, 2.45) is 0 Å². The van der Waals surface area contributed by atoms with Crippen LogP contribution in [-0.4, -0.2) is 48.7 Å². The second-order valence-electron chi connectivity index (χ2n) is 8.37. The van der Waals surface area contributed by atoms with Crippen LogP contribution < -0.4 is 15.1 Å². The van der Waals surface area contributed by atoms with E-state index >= 15 is 0 Å². The van der Waals surface area contributed by atoms with Crippen molar-refractivity contribution in [1.29, 1.82) is 0 Å². The monoisotopic (exact) mass is 473 g/mol. The summed E-state index contributed by atoms with van der Waals surface area (Å²) in [5.74, 6) is -3.05. The molecule has 9 heteroatoms. The van der Waals surface area contributed by atoms with E-state index in [4.69, 9.17) is 16.3 Å². The molecule has 1 saturated heterocycles. The first kappa shape index (κ1) is 21.7. The molecule has 2 aromatic carbocycles. The van der Waals surface area contributed by atoms with Gasteiger partial charge in [0.15, 0.2) is 11.6 Å². The van der Waals surface area contributed by atoms with E-state index in [1.165, 1.54) is 13.3 Å². The van der Waals surface area contributed by atoms with Gasteiger partial charge < -0.3 is 19.1 Å². The Bertz CT molecular complexity index is 1310. The van der Waals surface area contributed by atoms with Gasteiger partial charge in [-0.05, 0) is 37.1 Å². The lowest BCUT2D eigenvalue weighted by atomic mass is 10.1. The van der Waals surface area contributed by atoms with Crippen molar-refractivity contribution >= 4 is 34.1 Å². The molecule has 5 rings (SSSR count). The number of ether oxygens (including phenoxy) is 1. The van der Waals surface area contributed by atoms with Gasteiger partial charge in [0, 0.05) is 49.1 Å². The lowest BCUT2D eigenvalue weighted by molar-refractivity contribution is 0.0745. The number of hydrogen-bond donors (Lipinski definition) is 0. The smallest absolute Gasteiger partial charge is 0.259 e. The summed E-state index contributed by atoms with van der Waals surface area (Å²) < 4.78 is 35.4. The minimum absolute atomic E-state index is 0.0121. The number of carbonyl (C=O) groups is 1. The lowest BCUT2D eigenvalue weighted by Gasteiger charge is -2.36. The van der Waals surface area contributed by atoms with E-state index in [1.54, 1.807) is 15.5 Å². The van der Waals surface area contributed by atoms with Gasteiger partial charge in [-0.15, -0.1) is 0 Å². The quantitative estimate of drug-likeness (QED) is 0.569. The van der Waals surface area contributed by atoms with Crippen molar-refractivity contribution in [3.63, 3.8) is 0 Å². The van der Waals surface area contributed by atoms with Gasteiger partial charge in [-0.1, -0.05) is 17.7 Å². The van der Waals surface area contributed by atoms with Crippen LogP contribution in [0.5, 0.6) is 5.75 Å². The van der Waals surface area contributed by atoms with Crippen molar-refractivity contribution in [2.75, 3.05) is 38.2 Å². The van der Waals surface area contributed by atoms with Crippen LogP contribution >= 0.6 is 11.6 Å². The Hall–Kier alpha value is -3.13. The first-order chi connectivity index (χ1) is 15.9. The average Bonchev–Trinajstić information content (AvgIpc) is 3.66. The molecule has 1 amide bonds. The number of rotatable bonds is 4. The Balaban J connectivity index is 1.49. The molecule has 2 fully saturated rings. The molecule has 0 spiro atoms.